The smallest absolute Gasteiger partial charge is 0.251 e. The molecule has 1 N–H and O–H groups in total. The number of methoxy groups -OCH3 is 1. The maximum Gasteiger partial charge on any atom is 0.251 e. The molecule has 0 bridgehead atoms. The van der Waals surface area contributed by atoms with Gasteiger partial charge in [-0.05, 0) is 25.0 Å². The number of amides is 1. The van der Waals surface area contributed by atoms with Crippen molar-refractivity contribution in [3.05, 3.63) is 35.9 Å². The molecule has 86 valence electrons. The van der Waals surface area contributed by atoms with Gasteiger partial charge in [-0.3, -0.25) is 4.79 Å². The average Bonchev–Trinajstić information content (AvgIpc) is 3.08. The Bertz CT molecular complexity index is 357. The fourth-order valence-electron chi connectivity index (χ4n) is 1.81. The van der Waals surface area contributed by atoms with Crippen LogP contribution in [0.15, 0.2) is 30.3 Å². The molecule has 1 aliphatic carbocycles. The Labute approximate surface area is 95.8 Å². The fraction of sp³-hybridized carbons (Fsp3) is 0.462. The Morgan fingerprint density at radius 1 is 1.38 bits per heavy atom. The van der Waals surface area contributed by atoms with Crippen molar-refractivity contribution in [1.29, 1.82) is 0 Å². The van der Waals surface area contributed by atoms with Gasteiger partial charge in [-0.25, -0.2) is 0 Å². The van der Waals surface area contributed by atoms with Crippen LogP contribution in [0.25, 0.3) is 0 Å². The molecule has 0 spiro atoms. The van der Waals surface area contributed by atoms with E-state index < -0.39 is 0 Å². The van der Waals surface area contributed by atoms with E-state index in [0.29, 0.717) is 6.54 Å². The first-order chi connectivity index (χ1) is 7.76. The molecule has 0 aromatic heterocycles. The molecule has 0 aliphatic heterocycles. The highest BCUT2D eigenvalue weighted by molar-refractivity contribution is 5.94. The second-order valence-corrected chi connectivity index (χ2v) is 4.48. The molecule has 1 fully saturated rings. The van der Waals surface area contributed by atoms with Crippen molar-refractivity contribution in [2.24, 2.45) is 5.41 Å². The van der Waals surface area contributed by atoms with Crippen LogP contribution in [-0.2, 0) is 4.74 Å². The second-order valence-electron chi connectivity index (χ2n) is 4.48. The molecule has 3 heteroatoms. The van der Waals surface area contributed by atoms with Crippen LogP contribution in [0.3, 0.4) is 0 Å². The molecule has 1 amide bonds. The van der Waals surface area contributed by atoms with E-state index in [1.54, 1.807) is 7.11 Å². The van der Waals surface area contributed by atoms with Gasteiger partial charge < -0.3 is 10.1 Å². The third-order valence-corrected chi connectivity index (χ3v) is 3.07. The predicted molar refractivity (Wildman–Crippen MR) is 62.3 cm³/mol. The first kappa shape index (κ1) is 11.1. The van der Waals surface area contributed by atoms with Gasteiger partial charge in [0.15, 0.2) is 0 Å². The first-order valence-electron chi connectivity index (χ1n) is 5.58. The molecule has 0 heterocycles. The number of hydrogen-bond donors (Lipinski definition) is 1. The van der Waals surface area contributed by atoms with E-state index >= 15 is 0 Å². The molecule has 1 aliphatic rings. The highest BCUT2D eigenvalue weighted by Crippen LogP contribution is 2.45. The van der Waals surface area contributed by atoms with Gasteiger partial charge in [-0.2, -0.15) is 0 Å². The average molecular weight is 219 g/mol. The number of carbonyl (C=O) groups excluding carboxylic acids is 1. The molecule has 0 radical (unpaired) electrons. The first-order valence-corrected chi connectivity index (χ1v) is 5.58. The SMILES string of the molecule is COCC1(CNC(=O)c2ccccc2)CC1. The van der Waals surface area contributed by atoms with Crippen LogP contribution < -0.4 is 5.32 Å². The van der Waals surface area contributed by atoms with E-state index in [9.17, 15) is 4.79 Å². The monoisotopic (exact) mass is 219 g/mol. The van der Waals surface area contributed by atoms with E-state index in [0.717, 1.165) is 25.0 Å². The van der Waals surface area contributed by atoms with E-state index in [-0.39, 0.29) is 11.3 Å². The maximum atomic E-state index is 11.8. The Hall–Kier alpha value is -1.35. The summed E-state index contributed by atoms with van der Waals surface area (Å²) in [5.41, 5.74) is 0.926. The van der Waals surface area contributed by atoms with Crippen LogP contribution in [0, 0.1) is 5.41 Å². The van der Waals surface area contributed by atoms with Crippen molar-refractivity contribution in [3.8, 4) is 0 Å². The minimum absolute atomic E-state index is 0.00276. The van der Waals surface area contributed by atoms with Crippen LogP contribution in [0.2, 0.25) is 0 Å². The van der Waals surface area contributed by atoms with E-state index in [1.165, 1.54) is 0 Å². The molecule has 0 unspecified atom stereocenters. The summed E-state index contributed by atoms with van der Waals surface area (Å²) >= 11 is 0. The lowest BCUT2D eigenvalue weighted by Crippen LogP contribution is -2.32. The third kappa shape index (κ3) is 2.61. The highest BCUT2D eigenvalue weighted by Gasteiger charge is 2.42. The zero-order valence-electron chi connectivity index (χ0n) is 9.53. The largest absolute Gasteiger partial charge is 0.384 e. The Morgan fingerprint density at radius 3 is 2.62 bits per heavy atom. The van der Waals surface area contributed by atoms with Crippen molar-refractivity contribution in [2.45, 2.75) is 12.8 Å². The summed E-state index contributed by atoms with van der Waals surface area (Å²) < 4.78 is 5.16. The summed E-state index contributed by atoms with van der Waals surface area (Å²) in [7, 11) is 1.71. The Kier molecular flexibility index (Phi) is 3.25. The normalized spacial score (nSPS) is 16.8. The van der Waals surface area contributed by atoms with Crippen LogP contribution in [0.5, 0.6) is 0 Å². The van der Waals surface area contributed by atoms with Gasteiger partial charge in [0.2, 0.25) is 0 Å². The molecule has 1 saturated carbocycles. The summed E-state index contributed by atoms with van der Waals surface area (Å²) in [6.07, 6.45) is 2.30. The molecule has 1 aromatic carbocycles. The lowest BCUT2D eigenvalue weighted by molar-refractivity contribution is 0.0919. The summed E-state index contributed by atoms with van der Waals surface area (Å²) in [5.74, 6) is 0.00276. The molecular weight excluding hydrogens is 202 g/mol. The van der Waals surface area contributed by atoms with Crippen LogP contribution in [-0.4, -0.2) is 26.2 Å². The lowest BCUT2D eigenvalue weighted by Gasteiger charge is -2.14. The van der Waals surface area contributed by atoms with Gasteiger partial charge >= 0.3 is 0 Å². The van der Waals surface area contributed by atoms with Crippen molar-refractivity contribution >= 4 is 5.91 Å². The summed E-state index contributed by atoms with van der Waals surface area (Å²) in [5, 5.41) is 2.97. The molecular formula is C13H17NO2. The van der Waals surface area contributed by atoms with Gasteiger partial charge in [-0.1, -0.05) is 18.2 Å². The number of ether oxygens (including phenoxy) is 1. The van der Waals surface area contributed by atoms with Crippen LogP contribution in [0.4, 0.5) is 0 Å². The van der Waals surface area contributed by atoms with Crippen molar-refractivity contribution in [3.63, 3.8) is 0 Å². The molecule has 16 heavy (non-hydrogen) atoms. The minimum atomic E-state index is 0.00276. The molecule has 1 aromatic rings. The summed E-state index contributed by atoms with van der Waals surface area (Å²) in [6.45, 7) is 1.45. The zero-order valence-corrected chi connectivity index (χ0v) is 9.53. The molecule has 0 saturated heterocycles. The number of carbonyl (C=O) groups is 1. The standard InChI is InChI=1S/C13H17NO2/c1-16-10-13(7-8-13)9-14-12(15)11-5-3-2-4-6-11/h2-6H,7-10H2,1H3,(H,14,15). The number of nitrogens with one attached hydrogen (secondary N) is 1. The summed E-state index contributed by atoms with van der Waals surface area (Å²) in [6, 6.07) is 9.30. The minimum Gasteiger partial charge on any atom is -0.384 e. The Balaban J connectivity index is 1.85. The maximum absolute atomic E-state index is 11.8. The van der Waals surface area contributed by atoms with Gasteiger partial charge in [-0.15, -0.1) is 0 Å². The highest BCUT2D eigenvalue weighted by atomic mass is 16.5. The lowest BCUT2D eigenvalue weighted by atomic mass is 10.1. The second kappa shape index (κ2) is 4.66. The predicted octanol–water partition coefficient (Wildman–Crippen LogP) is 1.84. The van der Waals surface area contributed by atoms with Crippen molar-refractivity contribution < 1.29 is 9.53 Å². The number of benzene rings is 1. The van der Waals surface area contributed by atoms with E-state index in [2.05, 4.69) is 5.32 Å². The zero-order chi connectivity index (χ0) is 11.4. The molecule has 0 atom stereocenters. The van der Waals surface area contributed by atoms with Crippen LogP contribution >= 0.6 is 0 Å². The van der Waals surface area contributed by atoms with E-state index in [4.69, 9.17) is 4.74 Å². The van der Waals surface area contributed by atoms with Gasteiger partial charge in [0, 0.05) is 24.6 Å². The van der Waals surface area contributed by atoms with Crippen molar-refractivity contribution in [2.75, 3.05) is 20.3 Å². The Morgan fingerprint density at radius 2 is 2.06 bits per heavy atom. The number of hydrogen-bond acceptors (Lipinski definition) is 2. The molecule has 3 nitrogen and oxygen atoms in total. The third-order valence-electron chi connectivity index (χ3n) is 3.07. The quantitative estimate of drug-likeness (QED) is 0.820. The van der Waals surface area contributed by atoms with E-state index in [1.807, 2.05) is 30.3 Å². The topological polar surface area (TPSA) is 38.3 Å². The number of rotatable bonds is 5. The van der Waals surface area contributed by atoms with Crippen molar-refractivity contribution in [1.82, 2.24) is 5.32 Å². The fourth-order valence-corrected chi connectivity index (χ4v) is 1.81. The van der Waals surface area contributed by atoms with Gasteiger partial charge in [0.25, 0.3) is 5.91 Å². The molecule has 2 rings (SSSR count). The van der Waals surface area contributed by atoms with Gasteiger partial charge in [0.1, 0.15) is 0 Å². The van der Waals surface area contributed by atoms with Crippen LogP contribution in [0.1, 0.15) is 23.2 Å². The summed E-state index contributed by atoms with van der Waals surface area (Å²) in [4.78, 5) is 11.8. The van der Waals surface area contributed by atoms with Gasteiger partial charge in [0.05, 0.1) is 6.61 Å².